The lowest BCUT2D eigenvalue weighted by Crippen LogP contribution is -2.11. The monoisotopic (exact) mass is 376 g/mol. The van der Waals surface area contributed by atoms with E-state index in [-0.39, 0.29) is 11.6 Å². The largest absolute Gasteiger partial charge is 0.458 e. The second kappa shape index (κ2) is 7.19. The Kier molecular flexibility index (Phi) is 4.57. The van der Waals surface area contributed by atoms with Crippen molar-refractivity contribution in [3.05, 3.63) is 76.9 Å². The zero-order chi connectivity index (χ0) is 19.7. The van der Waals surface area contributed by atoms with Gasteiger partial charge in [-0.25, -0.2) is 0 Å². The number of carbonyl (C=O) groups excluding carboxylic acids is 1. The van der Waals surface area contributed by atoms with E-state index in [1.165, 1.54) is 16.7 Å². The zero-order valence-corrected chi connectivity index (χ0v) is 15.9. The minimum atomic E-state index is -0.371. The van der Waals surface area contributed by atoms with E-state index in [1.807, 2.05) is 13.0 Å². The Morgan fingerprint density at radius 2 is 1.96 bits per heavy atom. The maximum absolute atomic E-state index is 12.4. The van der Waals surface area contributed by atoms with Gasteiger partial charge in [0, 0.05) is 12.3 Å². The van der Waals surface area contributed by atoms with E-state index in [4.69, 9.17) is 8.94 Å². The van der Waals surface area contributed by atoms with E-state index in [1.54, 1.807) is 29.2 Å². The molecule has 1 amide bonds. The van der Waals surface area contributed by atoms with E-state index in [0.717, 1.165) is 5.76 Å². The fourth-order valence-corrected chi connectivity index (χ4v) is 2.97. The quantitative estimate of drug-likeness (QED) is 0.559. The number of rotatable bonds is 5. The van der Waals surface area contributed by atoms with Gasteiger partial charge in [0.1, 0.15) is 5.76 Å². The van der Waals surface area contributed by atoms with Gasteiger partial charge >= 0.3 is 0 Å². The summed E-state index contributed by atoms with van der Waals surface area (Å²) in [6, 6.07) is 11.5. The van der Waals surface area contributed by atoms with Gasteiger partial charge < -0.3 is 14.3 Å². The molecule has 0 saturated heterocycles. The topological polar surface area (TPSA) is 86.1 Å². The van der Waals surface area contributed by atoms with Crippen LogP contribution in [0.1, 0.15) is 32.9 Å². The molecule has 142 valence electrons. The van der Waals surface area contributed by atoms with E-state index in [9.17, 15) is 4.79 Å². The molecular formula is C21H20N4O3. The smallest absolute Gasteiger partial charge is 0.277 e. The number of hydrogen-bond donors (Lipinski definition) is 1. The van der Waals surface area contributed by atoms with Gasteiger partial charge in [-0.05, 0) is 44.0 Å². The Morgan fingerprint density at radius 3 is 2.71 bits per heavy atom. The van der Waals surface area contributed by atoms with Crippen LogP contribution in [-0.4, -0.2) is 20.8 Å². The Morgan fingerprint density at radius 1 is 1.11 bits per heavy atom. The fraction of sp³-hybridized carbons (Fsp3) is 0.190. The molecule has 0 aliphatic carbocycles. The number of furan rings is 1. The maximum atomic E-state index is 12.4. The highest BCUT2D eigenvalue weighted by Crippen LogP contribution is 2.23. The molecule has 4 rings (SSSR count). The second-order valence-corrected chi connectivity index (χ2v) is 6.80. The highest BCUT2D eigenvalue weighted by Gasteiger charge is 2.16. The van der Waals surface area contributed by atoms with E-state index in [2.05, 4.69) is 47.6 Å². The molecular weight excluding hydrogens is 356 g/mol. The average Bonchev–Trinajstić information content (AvgIpc) is 3.38. The van der Waals surface area contributed by atoms with Crippen molar-refractivity contribution in [2.45, 2.75) is 27.3 Å². The predicted molar refractivity (Wildman–Crippen MR) is 104 cm³/mol. The number of anilines is 1. The van der Waals surface area contributed by atoms with Crippen molar-refractivity contribution in [2.24, 2.45) is 0 Å². The minimum absolute atomic E-state index is 0.172. The Hall–Kier alpha value is -3.61. The maximum Gasteiger partial charge on any atom is 0.277 e. The van der Waals surface area contributed by atoms with E-state index >= 15 is 0 Å². The van der Waals surface area contributed by atoms with Gasteiger partial charge in [-0.2, -0.15) is 5.10 Å². The molecule has 4 aromatic rings. The molecule has 1 aromatic carbocycles. The lowest BCUT2D eigenvalue weighted by atomic mass is 10.1. The van der Waals surface area contributed by atoms with Crippen molar-refractivity contribution in [1.29, 1.82) is 0 Å². The van der Waals surface area contributed by atoms with Crippen LogP contribution in [0.4, 0.5) is 5.69 Å². The van der Waals surface area contributed by atoms with Gasteiger partial charge in [-0.3, -0.25) is 9.48 Å². The molecule has 7 nitrogen and oxygen atoms in total. The number of nitrogens with zero attached hydrogens (tertiary/aromatic N) is 3. The lowest BCUT2D eigenvalue weighted by Gasteiger charge is -2.07. The summed E-state index contributed by atoms with van der Waals surface area (Å²) >= 11 is 0. The molecule has 3 heterocycles. The summed E-state index contributed by atoms with van der Waals surface area (Å²) in [7, 11) is 0. The van der Waals surface area contributed by atoms with Gasteiger partial charge in [0.15, 0.2) is 11.5 Å². The van der Waals surface area contributed by atoms with Crippen molar-refractivity contribution in [3.63, 3.8) is 0 Å². The van der Waals surface area contributed by atoms with Gasteiger partial charge in [-0.15, -0.1) is 0 Å². The van der Waals surface area contributed by atoms with Crippen LogP contribution >= 0.6 is 0 Å². The van der Waals surface area contributed by atoms with Gasteiger partial charge in [-0.1, -0.05) is 28.9 Å². The standard InChI is InChI=1S/C21H20N4O3/c1-13-4-6-16(14(2)8-13)11-25-12-17(10-22-25)23-21(26)18-9-20(28-24-18)19-7-5-15(3)27-19/h4-10,12H,11H2,1-3H3,(H,23,26). The van der Waals surface area contributed by atoms with Crippen LogP contribution in [0.3, 0.4) is 0 Å². The fourth-order valence-electron chi connectivity index (χ4n) is 2.97. The Balaban J connectivity index is 1.43. The Labute approximate surface area is 162 Å². The van der Waals surface area contributed by atoms with Crippen molar-refractivity contribution >= 4 is 11.6 Å². The SMILES string of the molecule is Cc1ccc(Cn2cc(NC(=O)c3cc(-c4ccc(C)o4)on3)cn2)c(C)c1. The number of amides is 1. The molecule has 0 spiro atoms. The third kappa shape index (κ3) is 3.73. The number of nitrogens with one attached hydrogen (secondary N) is 1. The molecule has 1 N–H and O–H groups in total. The van der Waals surface area contributed by atoms with Crippen LogP contribution in [0, 0.1) is 20.8 Å². The van der Waals surface area contributed by atoms with Crippen LogP contribution in [-0.2, 0) is 6.54 Å². The number of benzene rings is 1. The molecule has 0 fully saturated rings. The summed E-state index contributed by atoms with van der Waals surface area (Å²) in [4.78, 5) is 12.4. The van der Waals surface area contributed by atoms with Crippen molar-refractivity contribution in [2.75, 3.05) is 5.32 Å². The Bertz CT molecular complexity index is 1140. The summed E-state index contributed by atoms with van der Waals surface area (Å²) in [5.74, 6) is 1.33. The van der Waals surface area contributed by atoms with Crippen LogP contribution in [0.25, 0.3) is 11.5 Å². The normalized spacial score (nSPS) is 11.0. The predicted octanol–water partition coefficient (Wildman–Crippen LogP) is 4.36. The van der Waals surface area contributed by atoms with E-state index in [0.29, 0.717) is 23.8 Å². The van der Waals surface area contributed by atoms with Crippen molar-refractivity contribution in [3.8, 4) is 11.5 Å². The third-order valence-electron chi connectivity index (χ3n) is 4.45. The zero-order valence-electron chi connectivity index (χ0n) is 15.9. The second-order valence-electron chi connectivity index (χ2n) is 6.80. The molecule has 0 bridgehead atoms. The molecule has 0 atom stereocenters. The van der Waals surface area contributed by atoms with Gasteiger partial charge in [0.25, 0.3) is 5.91 Å². The summed E-state index contributed by atoms with van der Waals surface area (Å²) in [6.07, 6.45) is 3.40. The highest BCUT2D eigenvalue weighted by molar-refractivity contribution is 6.03. The molecule has 0 saturated carbocycles. The first kappa shape index (κ1) is 17.8. The lowest BCUT2D eigenvalue weighted by molar-refractivity contribution is 0.101. The van der Waals surface area contributed by atoms with E-state index < -0.39 is 0 Å². The molecule has 0 unspecified atom stereocenters. The third-order valence-corrected chi connectivity index (χ3v) is 4.45. The first-order valence-corrected chi connectivity index (χ1v) is 8.91. The summed E-state index contributed by atoms with van der Waals surface area (Å²) in [5, 5.41) is 10.9. The summed E-state index contributed by atoms with van der Waals surface area (Å²) in [5.41, 5.74) is 4.39. The molecule has 3 aromatic heterocycles. The molecule has 28 heavy (non-hydrogen) atoms. The van der Waals surface area contributed by atoms with Gasteiger partial charge in [0.05, 0.1) is 18.4 Å². The molecule has 0 aliphatic rings. The number of carbonyl (C=O) groups is 1. The molecule has 7 heteroatoms. The highest BCUT2D eigenvalue weighted by atomic mass is 16.5. The first-order chi connectivity index (χ1) is 13.5. The first-order valence-electron chi connectivity index (χ1n) is 8.91. The van der Waals surface area contributed by atoms with Gasteiger partial charge in [0.2, 0.25) is 5.76 Å². The van der Waals surface area contributed by atoms with Crippen LogP contribution in [0.5, 0.6) is 0 Å². The molecule has 0 radical (unpaired) electrons. The minimum Gasteiger partial charge on any atom is -0.458 e. The number of aromatic nitrogens is 3. The number of hydrogen-bond acceptors (Lipinski definition) is 5. The van der Waals surface area contributed by atoms with Crippen LogP contribution in [0.15, 0.2) is 57.7 Å². The molecule has 0 aliphatic heterocycles. The van der Waals surface area contributed by atoms with Crippen molar-refractivity contribution < 1.29 is 13.7 Å². The summed E-state index contributed by atoms with van der Waals surface area (Å²) in [6.45, 7) is 6.62. The van der Waals surface area contributed by atoms with Crippen LogP contribution in [0.2, 0.25) is 0 Å². The average molecular weight is 376 g/mol. The van der Waals surface area contributed by atoms with Crippen molar-refractivity contribution in [1.82, 2.24) is 14.9 Å². The van der Waals surface area contributed by atoms with Crippen LogP contribution < -0.4 is 5.32 Å². The number of aryl methyl sites for hydroxylation is 3. The summed E-state index contributed by atoms with van der Waals surface area (Å²) < 4.78 is 12.5.